The number of hydrogen-bond acceptors (Lipinski definition) is 4. The molecular weight excluding hydrogens is 258 g/mol. The molecule has 0 amide bonds. The van der Waals surface area contributed by atoms with Gasteiger partial charge in [0.15, 0.2) is 0 Å². The summed E-state index contributed by atoms with van der Waals surface area (Å²) in [5.74, 6) is -0.658. The highest BCUT2D eigenvalue weighted by Crippen LogP contribution is 2.18. The van der Waals surface area contributed by atoms with Gasteiger partial charge < -0.3 is 9.84 Å². The molecule has 0 heterocycles. The van der Waals surface area contributed by atoms with Gasteiger partial charge in [-0.15, -0.1) is 0 Å². The average molecular weight is 273 g/mol. The number of nitrogens with one attached hydrogen (secondary N) is 1. The smallest absolute Gasteiger partial charge is 0.326 e. The maximum atomic E-state index is 11.1. The van der Waals surface area contributed by atoms with Gasteiger partial charge >= 0.3 is 5.97 Å². The van der Waals surface area contributed by atoms with Crippen LogP contribution in [0.3, 0.4) is 0 Å². The molecule has 0 saturated carbocycles. The summed E-state index contributed by atoms with van der Waals surface area (Å²) in [5.41, 5.74) is 0.344. The summed E-state index contributed by atoms with van der Waals surface area (Å²) in [7, 11) is -3.60. The Morgan fingerprint density at radius 2 is 1.94 bits per heavy atom. The fourth-order valence-electron chi connectivity index (χ4n) is 1.40. The molecule has 0 radical (unpaired) electrons. The SMILES string of the molecule is CCOc1ccc(C(NS(C)(=O)=O)C(=O)O)cc1. The Balaban J connectivity index is 2.96. The Hall–Kier alpha value is -1.60. The fourth-order valence-corrected chi connectivity index (χ4v) is 2.06. The van der Waals surface area contributed by atoms with Crippen molar-refractivity contribution in [3.05, 3.63) is 29.8 Å². The van der Waals surface area contributed by atoms with Gasteiger partial charge in [0.2, 0.25) is 10.0 Å². The molecule has 0 saturated heterocycles. The zero-order valence-electron chi connectivity index (χ0n) is 10.1. The normalized spacial score (nSPS) is 13.0. The van der Waals surface area contributed by atoms with Crippen molar-refractivity contribution in [2.45, 2.75) is 13.0 Å². The minimum absolute atomic E-state index is 0.344. The molecule has 1 aromatic carbocycles. The van der Waals surface area contributed by atoms with Crippen LogP contribution in [0.5, 0.6) is 5.75 Å². The van der Waals surface area contributed by atoms with Gasteiger partial charge in [0.05, 0.1) is 12.9 Å². The molecule has 6 nitrogen and oxygen atoms in total. The first kappa shape index (κ1) is 14.5. The molecule has 7 heteroatoms. The van der Waals surface area contributed by atoms with E-state index in [1.807, 2.05) is 6.92 Å². The summed E-state index contributed by atoms with van der Waals surface area (Å²) >= 11 is 0. The number of carboxylic acid groups (broad SMARTS) is 1. The largest absolute Gasteiger partial charge is 0.494 e. The van der Waals surface area contributed by atoms with Crippen molar-refractivity contribution >= 4 is 16.0 Å². The van der Waals surface area contributed by atoms with E-state index in [4.69, 9.17) is 9.84 Å². The lowest BCUT2D eigenvalue weighted by atomic mass is 10.1. The van der Waals surface area contributed by atoms with Crippen LogP contribution in [0.2, 0.25) is 0 Å². The van der Waals surface area contributed by atoms with Gasteiger partial charge in [-0.05, 0) is 24.6 Å². The van der Waals surface area contributed by atoms with Crippen LogP contribution in [0.4, 0.5) is 0 Å². The van der Waals surface area contributed by atoms with Crippen molar-refractivity contribution in [1.29, 1.82) is 0 Å². The number of carboxylic acids is 1. The van der Waals surface area contributed by atoms with Gasteiger partial charge in [-0.1, -0.05) is 12.1 Å². The molecule has 1 rings (SSSR count). The van der Waals surface area contributed by atoms with Crippen LogP contribution < -0.4 is 9.46 Å². The Bertz CT molecular complexity index is 509. The van der Waals surface area contributed by atoms with E-state index in [-0.39, 0.29) is 0 Å². The van der Waals surface area contributed by atoms with E-state index in [1.165, 1.54) is 12.1 Å². The van der Waals surface area contributed by atoms with E-state index >= 15 is 0 Å². The van der Waals surface area contributed by atoms with Crippen molar-refractivity contribution in [2.24, 2.45) is 0 Å². The van der Waals surface area contributed by atoms with Crippen molar-refractivity contribution in [2.75, 3.05) is 12.9 Å². The molecule has 0 aliphatic carbocycles. The highest BCUT2D eigenvalue weighted by Gasteiger charge is 2.23. The van der Waals surface area contributed by atoms with Crippen molar-refractivity contribution in [3.8, 4) is 5.75 Å². The quantitative estimate of drug-likeness (QED) is 0.798. The van der Waals surface area contributed by atoms with E-state index in [0.717, 1.165) is 6.26 Å². The Morgan fingerprint density at radius 3 is 2.33 bits per heavy atom. The minimum Gasteiger partial charge on any atom is -0.494 e. The van der Waals surface area contributed by atoms with Gasteiger partial charge in [-0.3, -0.25) is 4.79 Å². The lowest BCUT2D eigenvalue weighted by Crippen LogP contribution is -2.32. The number of aliphatic carboxylic acids is 1. The summed E-state index contributed by atoms with van der Waals surface area (Å²) in [6, 6.07) is 4.93. The van der Waals surface area contributed by atoms with Gasteiger partial charge in [0.1, 0.15) is 11.8 Å². The first-order valence-corrected chi connectivity index (χ1v) is 7.15. The molecule has 0 aliphatic heterocycles. The van der Waals surface area contributed by atoms with E-state index in [1.54, 1.807) is 12.1 Å². The first-order valence-electron chi connectivity index (χ1n) is 5.26. The molecular formula is C11H15NO5S. The summed E-state index contributed by atoms with van der Waals surface area (Å²) < 4.78 is 29.5. The van der Waals surface area contributed by atoms with Crippen LogP contribution in [0.15, 0.2) is 24.3 Å². The second kappa shape index (κ2) is 5.83. The highest BCUT2D eigenvalue weighted by molar-refractivity contribution is 7.88. The molecule has 1 aromatic rings. The summed E-state index contributed by atoms with van der Waals surface area (Å²) in [5, 5.41) is 9.00. The topological polar surface area (TPSA) is 92.7 Å². The van der Waals surface area contributed by atoms with Gasteiger partial charge in [-0.2, -0.15) is 4.72 Å². The number of sulfonamides is 1. The van der Waals surface area contributed by atoms with Crippen LogP contribution in [-0.4, -0.2) is 32.4 Å². The molecule has 18 heavy (non-hydrogen) atoms. The predicted molar refractivity (Wildman–Crippen MR) is 66.0 cm³/mol. The number of benzene rings is 1. The Morgan fingerprint density at radius 1 is 1.39 bits per heavy atom. The van der Waals surface area contributed by atoms with Crippen LogP contribution in [0, 0.1) is 0 Å². The predicted octanol–water partition coefficient (Wildman–Crippen LogP) is 0.760. The third-order valence-corrected chi connectivity index (χ3v) is 2.77. The van der Waals surface area contributed by atoms with Crippen molar-refractivity contribution in [1.82, 2.24) is 4.72 Å². The Kier molecular flexibility index (Phi) is 4.69. The standard InChI is InChI=1S/C11H15NO5S/c1-3-17-9-6-4-8(5-7-9)10(11(13)14)12-18(2,15)16/h4-7,10,12H,3H2,1-2H3,(H,13,14). The van der Waals surface area contributed by atoms with E-state index in [0.29, 0.717) is 17.9 Å². The minimum atomic E-state index is -3.60. The van der Waals surface area contributed by atoms with E-state index in [9.17, 15) is 13.2 Å². The first-order chi connectivity index (χ1) is 8.33. The number of carbonyl (C=O) groups is 1. The summed E-state index contributed by atoms with van der Waals surface area (Å²) in [4.78, 5) is 11.0. The molecule has 0 fully saturated rings. The van der Waals surface area contributed by atoms with Crippen LogP contribution in [0.1, 0.15) is 18.5 Å². The molecule has 1 atom stereocenters. The Labute approximate surface area is 106 Å². The highest BCUT2D eigenvalue weighted by atomic mass is 32.2. The van der Waals surface area contributed by atoms with Gasteiger partial charge in [0, 0.05) is 0 Å². The molecule has 0 aliphatic rings. The third-order valence-electron chi connectivity index (χ3n) is 2.10. The lowest BCUT2D eigenvalue weighted by molar-refractivity contribution is -0.139. The fraction of sp³-hybridized carbons (Fsp3) is 0.364. The lowest BCUT2D eigenvalue weighted by Gasteiger charge is -2.13. The number of hydrogen-bond donors (Lipinski definition) is 2. The second-order valence-electron chi connectivity index (χ2n) is 3.66. The number of rotatable bonds is 6. The summed E-state index contributed by atoms with van der Waals surface area (Å²) in [6.07, 6.45) is 0.914. The molecule has 100 valence electrons. The zero-order valence-corrected chi connectivity index (χ0v) is 10.9. The molecule has 0 spiro atoms. The van der Waals surface area contributed by atoms with Crippen molar-refractivity contribution < 1.29 is 23.1 Å². The van der Waals surface area contributed by atoms with E-state index < -0.39 is 22.0 Å². The van der Waals surface area contributed by atoms with Crippen LogP contribution in [-0.2, 0) is 14.8 Å². The monoisotopic (exact) mass is 273 g/mol. The van der Waals surface area contributed by atoms with E-state index in [2.05, 4.69) is 4.72 Å². The average Bonchev–Trinajstić information content (AvgIpc) is 2.26. The third kappa shape index (κ3) is 4.34. The van der Waals surface area contributed by atoms with Crippen LogP contribution >= 0.6 is 0 Å². The molecule has 0 aromatic heterocycles. The molecule has 2 N–H and O–H groups in total. The molecule has 1 unspecified atom stereocenters. The van der Waals surface area contributed by atoms with Gasteiger partial charge in [0.25, 0.3) is 0 Å². The van der Waals surface area contributed by atoms with Crippen molar-refractivity contribution in [3.63, 3.8) is 0 Å². The zero-order chi connectivity index (χ0) is 13.8. The molecule has 0 bridgehead atoms. The maximum absolute atomic E-state index is 11.1. The maximum Gasteiger partial charge on any atom is 0.326 e. The second-order valence-corrected chi connectivity index (χ2v) is 5.44. The summed E-state index contributed by atoms with van der Waals surface area (Å²) in [6.45, 7) is 2.34. The van der Waals surface area contributed by atoms with Gasteiger partial charge in [-0.25, -0.2) is 8.42 Å². The number of ether oxygens (including phenoxy) is 1. The van der Waals surface area contributed by atoms with Crippen LogP contribution in [0.25, 0.3) is 0 Å².